The van der Waals surface area contributed by atoms with Crippen LogP contribution in [0.15, 0.2) is 48.5 Å². The zero-order valence-corrected chi connectivity index (χ0v) is 23.2. The van der Waals surface area contributed by atoms with Crippen LogP contribution in [0, 0.1) is 17.8 Å². The molecule has 0 amide bonds. The Morgan fingerprint density at radius 2 is 1.44 bits per heavy atom. The molecular formula is C28H40O11. The Hall–Kier alpha value is -3.06. The van der Waals surface area contributed by atoms with Gasteiger partial charge in [0, 0.05) is 25.3 Å². The molecule has 218 valence electrons. The van der Waals surface area contributed by atoms with Crippen LogP contribution in [0.5, 0.6) is 5.75 Å². The molecule has 1 heterocycles. The molecule has 4 N–H and O–H groups in total. The standard InChI is InChI=1S/C13H16O5.C10H14O2.C5H10O4/c1-13(12(14)15)7-17-11(18-8-13)9-3-5-10(16-2)6-4-9;1-8-4-6-9(7-5-8)10(11-2)12-3;1-5(2-6,3-7)4(8)9/h3-6,11H,7-8H2,1-2H3,(H,14,15);4-7,10H,1-3H3;6-7H,2-3H2,1H3,(H,8,9). The van der Waals surface area contributed by atoms with Crippen molar-refractivity contribution >= 4 is 11.9 Å². The number of carboxylic acid groups (broad SMARTS) is 2. The van der Waals surface area contributed by atoms with Gasteiger partial charge in [-0.15, -0.1) is 0 Å². The molecule has 39 heavy (non-hydrogen) atoms. The molecule has 1 aliphatic heterocycles. The summed E-state index contributed by atoms with van der Waals surface area (Å²) in [5, 5.41) is 34.2. The normalized spacial score (nSPS) is 18.7. The van der Waals surface area contributed by atoms with Crippen molar-refractivity contribution in [2.75, 3.05) is 47.8 Å². The van der Waals surface area contributed by atoms with Crippen LogP contribution in [0.4, 0.5) is 0 Å². The van der Waals surface area contributed by atoms with Gasteiger partial charge in [-0.2, -0.15) is 0 Å². The second-order valence-corrected chi connectivity index (χ2v) is 9.49. The van der Waals surface area contributed by atoms with Gasteiger partial charge in [-0.05, 0) is 32.9 Å². The van der Waals surface area contributed by atoms with E-state index in [1.54, 1.807) is 28.3 Å². The summed E-state index contributed by atoms with van der Waals surface area (Å²) in [4.78, 5) is 21.2. The first kappa shape index (κ1) is 34.0. The van der Waals surface area contributed by atoms with Crippen LogP contribution in [-0.4, -0.2) is 80.1 Å². The number of methoxy groups -OCH3 is 3. The third kappa shape index (κ3) is 10.2. The number of hydrogen-bond donors (Lipinski definition) is 4. The second-order valence-electron chi connectivity index (χ2n) is 9.49. The SMILES string of the molecule is CC(CO)(CO)C(=O)O.COC(OC)c1ccc(C)cc1.COc1ccc(C2OCC(C)(C(=O)O)CO2)cc1. The van der Waals surface area contributed by atoms with E-state index in [0.29, 0.717) is 0 Å². The van der Waals surface area contributed by atoms with Crippen LogP contribution in [-0.2, 0) is 28.5 Å². The molecule has 11 nitrogen and oxygen atoms in total. The third-order valence-electron chi connectivity index (χ3n) is 6.00. The number of hydrogen-bond acceptors (Lipinski definition) is 9. The minimum absolute atomic E-state index is 0.138. The molecule has 2 aromatic carbocycles. The Kier molecular flexibility index (Phi) is 14.1. The molecule has 0 spiro atoms. The Morgan fingerprint density at radius 1 is 0.949 bits per heavy atom. The van der Waals surface area contributed by atoms with E-state index in [1.807, 2.05) is 48.5 Å². The Bertz CT molecular complexity index is 989. The number of aliphatic hydroxyl groups excluding tert-OH is 2. The molecule has 0 saturated carbocycles. The van der Waals surface area contributed by atoms with E-state index in [1.165, 1.54) is 12.5 Å². The van der Waals surface area contributed by atoms with E-state index in [4.69, 9.17) is 44.1 Å². The molecule has 11 heteroatoms. The first-order valence-electron chi connectivity index (χ1n) is 12.1. The van der Waals surface area contributed by atoms with Crippen molar-refractivity contribution in [3.63, 3.8) is 0 Å². The number of aliphatic carboxylic acids is 2. The van der Waals surface area contributed by atoms with Gasteiger partial charge in [0.1, 0.15) is 16.6 Å². The lowest BCUT2D eigenvalue weighted by Crippen LogP contribution is -2.42. The number of aryl methyl sites for hydroxylation is 1. The van der Waals surface area contributed by atoms with Crippen molar-refractivity contribution in [1.29, 1.82) is 0 Å². The highest BCUT2D eigenvalue weighted by Crippen LogP contribution is 2.32. The second kappa shape index (κ2) is 16.1. The van der Waals surface area contributed by atoms with Crippen LogP contribution < -0.4 is 4.74 Å². The molecular weight excluding hydrogens is 512 g/mol. The molecule has 0 unspecified atom stereocenters. The van der Waals surface area contributed by atoms with Gasteiger partial charge in [0.25, 0.3) is 0 Å². The highest BCUT2D eigenvalue weighted by atomic mass is 16.7. The Labute approximate surface area is 228 Å². The van der Waals surface area contributed by atoms with E-state index in [9.17, 15) is 9.59 Å². The van der Waals surface area contributed by atoms with Crippen LogP contribution in [0.25, 0.3) is 0 Å². The lowest BCUT2D eigenvalue weighted by Gasteiger charge is -2.34. The monoisotopic (exact) mass is 552 g/mol. The van der Waals surface area contributed by atoms with Gasteiger partial charge in [0.15, 0.2) is 12.6 Å². The number of ether oxygens (including phenoxy) is 5. The van der Waals surface area contributed by atoms with Gasteiger partial charge in [-0.3, -0.25) is 9.59 Å². The van der Waals surface area contributed by atoms with Crippen molar-refractivity contribution < 1.29 is 53.7 Å². The van der Waals surface area contributed by atoms with Crippen molar-refractivity contribution in [2.24, 2.45) is 10.8 Å². The molecule has 2 aromatic rings. The maximum absolute atomic E-state index is 11.0. The summed E-state index contributed by atoms with van der Waals surface area (Å²) in [6, 6.07) is 15.4. The predicted octanol–water partition coefficient (Wildman–Crippen LogP) is 3.18. The number of carbonyl (C=O) groups is 2. The highest BCUT2D eigenvalue weighted by molar-refractivity contribution is 5.74. The Morgan fingerprint density at radius 3 is 1.77 bits per heavy atom. The number of carboxylic acids is 2. The van der Waals surface area contributed by atoms with Gasteiger partial charge < -0.3 is 44.1 Å². The van der Waals surface area contributed by atoms with Crippen LogP contribution in [0.1, 0.15) is 43.1 Å². The first-order chi connectivity index (χ1) is 18.4. The summed E-state index contributed by atoms with van der Waals surface area (Å²) in [5.41, 5.74) is 0.779. The zero-order valence-electron chi connectivity index (χ0n) is 23.2. The zero-order chi connectivity index (χ0) is 29.6. The first-order valence-corrected chi connectivity index (χ1v) is 12.1. The molecule has 0 atom stereocenters. The van der Waals surface area contributed by atoms with E-state index in [-0.39, 0.29) is 19.5 Å². The molecule has 0 aromatic heterocycles. The van der Waals surface area contributed by atoms with E-state index < -0.39 is 42.3 Å². The van der Waals surface area contributed by atoms with E-state index >= 15 is 0 Å². The van der Waals surface area contributed by atoms with Crippen LogP contribution in [0.2, 0.25) is 0 Å². The average Bonchev–Trinajstić information content (AvgIpc) is 2.95. The minimum atomic E-state index is -1.39. The van der Waals surface area contributed by atoms with E-state index in [2.05, 4.69) is 6.92 Å². The summed E-state index contributed by atoms with van der Waals surface area (Å²) in [6.07, 6.45) is -0.756. The molecule has 0 aliphatic carbocycles. The highest BCUT2D eigenvalue weighted by Gasteiger charge is 2.39. The van der Waals surface area contributed by atoms with Gasteiger partial charge in [0.05, 0.1) is 33.5 Å². The molecule has 1 fully saturated rings. The van der Waals surface area contributed by atoms with Crippen molar-refractivity contribution in [3.05, 3.63) is 65.2 Å². The summed E-state index contributed by atoms with van der Waals surface area (Å²) >= 11 is 0. The minimum Gasteiger partial charge on any atom is -0.497 e. The molecule has 0 radical (unpaired) electrons. The van der Waals surface area contributed by atoms with Gasteiger partial charge in [-0.1, -0.05) is 42.0 Å². The van der Waals surface area contributed by atoms with Crippen molar-refractivity contribution in [3.8, 4) is 5.75 Å². The van der Waals surface area contributed by atoms with Crippen molar-refractivity contribution in [1.82, 2.24) is 0 Å². The summed E-state index contributed by atoms with van der Waals surface area (Å²) in [6.45, 7) is 4.13. The van der Waals surface area contributed by atoms with E-state index in [0.717, 1.165) is 16.9 Å². The predicted molar refractivity (Wildman–Crippen MR) is 141 cm³/mol. The summed E-state index contributed by atoms with van der Waals surface area (Å²) in [7, 11) is 4.86. The molecule has 0 bridgehead atoms. The fourth-order valence-electron chi connectivity index (χ4n) is 2.96. The molecule has 1 aliphatic rings. The third-order valence-corrected chi connectivity index (χ3v) is 6.00. The lowest BCUT2D eigenvalue weighted by molar-refractivity contribution is -0.234. The van der Waals surface area contributed by atoms with Crippen LogP contribution in [0.3, 0.4) is 0 Å². The van der Waals surface area contributed by atoms with Crippen molar-refractivity contribution in [2.45, 2.75) is 33.4 Å². The van der Waals surface area contributed by atoms with Gasteiger partial charge >= 0.3 is 11.9 Å². The molecule has 1 saturated heterocycles. The maximum atomic E-state index is 11.0. The number of aliphatic hydroxyl groups is 2. The van der Waals surface area contributed by atoms with Gasteiger partial charge in [-0.25, -0.2) is 0 Å². The number of benzene rings is 2. The Balaban J connectivity index is 0.000000315. The smallest absolute Gasteiger partial charge is 0.314 e. The van der Waals surface area contributed by atoms with Gasteiger partial charge in [0.2, 0.25) is 0 Å². The summed E-state index contributed by atoms with van der Waals surface area (Å²) in [5.74, 6) is -1.34. The lowest BCUT2D eigenvalue weighted by atomic mass is 9.92. The fraction of sp³-hybridized carbons (Fsp3) is 0.500. The fourth-order valence-corrected chi connectivity index (χ4v) is 2.96. The van der Waals surface area contributed by atoms with Crippen LogP contribution >= 0.6 is 0 Å². The molecule has 3 rings (SSSR count). The number of rotatable bonds is 9. The topological polar surface area (TPSA) is 161 Å². The quantitative estimate of drug-likeness (QED) is 0.338. The maximum Gasteiger partial charge on any atom is 0.314 e. The summed E-state index contributed by atoms with van der Waals surface area (Å²) < 4.78 is 26.2. The average molecular weight is 553 g/mol. The largest absolute Gasteiger partial charge is 0.497 e.